The maximum Gasteiger partial charge on any atom is 0.243 e. The zero-order valence-electron chi connectivity index (χ0n) is 15.5. The van der Waals surface area contributed by atoms with E-state index in [1.54, 1.807) is 4.90 Å². The quantitative estimate of drug-likeness (QED) is 0.749. The van der Waals surface area contributed by atoms with Gasteiger partial charge >= 0.3 is 0 Å². The predicted molar refractivity (Wildman–Crippen MR) is 99.4 cm³/mol. The molecule has 0 bridgehead atoms. The van der Waals surface area contributed by atoms with Crippen molar-refractivity contribution in [3.63, 3.8) is 0 Å². The maximum absolute atomic E-state index is 12.2. The fourth-order valence-electron chi connectivity index (χ4n) is 2.39. The van der Waals surface area contributed by atoms with Crippen molar-refractivity contribution in [2.45, 2.75) is 20.8 Å². The van der Waals surface area contributed by atoms with Crippen molar-refractivity contribution in [2.24, 2.45) is 0 Å². The van der Waals surface area contributed by atoms with Gasteiger partial charge in [-0.15, -0.1) is 0 Å². The third-order valence-corrected chi connectivity index (χ3v) is 3.88. The van der Waals surface area contributed by atoms with E-state index in [4.69, 9.17) is 0 Å². The van der Waals surface area contributed by atoms with Gasteiger partial charge in [0.15, 0.2) is 0 Å². The first-order valence-corrected chi connectivity index (χ1v) is 8.42. The Labute approximate surface area is 145 Å². The summed E-state index contributed by atoms with van der Waals surface area (Å²) in [6.45, 7) is 8.95. The molecule has 0 spiro atoms. The van der Waals surface area contributed by atoms with E-state index in [9.17, 15) is 9.59 Å². The van der Waals surface area contributed by atoms with Crippen LogP contribution < -0.4 is 10.2 Å². The van der Waals surface area contributed by atoms with E-state index in [2.05, 4.69) is 24.1 Å². The maximum atomic E-state index is 12.2. The van der Waals surface area contributed by atoms with E-state index in [0.29, 0.717) is 6.54 Å². The largest absolute Gasteiger partial charge is 0.372 e. The predicted octanol–water partition coefficient (Wildman–Crippen LogP) is 1.88. The van der Waals surface area contributed by atoms with Crippen molar-refractivity contribution >= 4 is 23.2 Å². The molecule has 0 atom stereocenters. The molecule has 0 saturated carbocycles. The van der Waals surface area contributed by atoms with Crippen molar-refractivity contribution < 1.29 is 9.59 Å². The molecule has 1 aromatic carbocycles. The third-order valence-electron chi connectivity index (χ3n) is 3.88. The monoisotopic (exact) mass is 334 g/mol. The SMILES string of the molecule is CCN(CC)c1ccc(NC(=O)CN(CCN(C)C)C(C)=O)cc1. The standard InChI is InChI=1S/C18H30N4O2/c1-6-21(7-2)17-10-8-16(9-11-17)19-18(24)14-22(15(3)23)13-12-20(4)5/h8-11H,6-7,12-14H2,1-5H3,(H,19,24). The van der Waals surface area contributed by atoms with Crippen molar-refractivity contribution in [1.29, 1.82) is 0 Å². The average molecular weight is 334 g/mol. The Balaban J connectivity index is 2.61. The van der Waals surface area contributed by atoms with Crippen LogP contribution in [0.25, 0.3) is 0 Å². The fraction of sp³-hybridized carbons (Fsp3) is 0.556. The minimum atomic E-state index is -0.181. The molecule has 134 valence electrons. The van der Waals surface area contributed by atoms with E-state index in [0.717, 1.165) is 31.0 Å². The number of likely N-dealkylation sites (N-methyl/N-ethyl adjacent to an activating group) is 1. The smallest absolute Gasteiger partial charge is 0.243 e. The second kappa shape index (κ2) is 9.93. The van der Waals surface area contributed by atoms with Crippen molar-refractivity contribution in [3.8, 4) is 0 Å². The van der Waals surface area contributed by atoms with Gasteiger partial charge in [-0.05, 0) is 52.2 Å². The molecule has 1 aromatic rings. The minimum Gasteiger partial charge on any atom is -0.372 e. The van der Waals surface area contributed by atoms with Gasteiger partial charge < -0.3 is 20.0 Å². The number of carbonyl (C=O) groups is 2. The fourth-order valence-corrected chi connectivity index (χ4v) is 2.39. The lowest BCUT2D eigenvalue weighted by Gasteiger charge is -2.23. The summed E-state index contributed by atoms with van der Waals surface area (Å²) in [6, 6.07) is 7.78. The van der Waals surface area contributed by atoms with Gasteiger partial charge in [-0.1, -0.05) is 0 Å². The zero-order chi connectivity index (χ0) is 18.1. The molecule has 0 saturated heterocycles. The zero-order valence-corrected chi connectivity index (χ0v) is 15.5. The summed E-state index contributed by atoms with van der Waals surface area (Å²) >= 11 is 0. The summed E-state index contributed by atoms with van der Waals surface area (Å²) in [5.74, 6) is -0.275. The van der Waals surface area contributed by atoms with Gasteiger partial charge in [0, 0.05) is 44.5 Å². The van der Waals surface area contributed by atoms with Gasteiger partial charge in [0.05, 0.1) is 6.54 Å². The Hall–Kier alpha value is -2.08. The molecule has 0 heterocycles. The molecule has 0 unspecified atom stereocenters. The normalized spacial score (nSPS) is 10.6. The molecule has 0 fully saturated rings. The van der Waals surface area contributed by atoms with Gasteiger partial charge in [-0.25, -0.2) is 0 Å². The number of carbonyl (C=O) groups excluding carboxylic acids is 2. The topological polar surface area (TPSA) is 55.9 Å². The van der Waals surface area contributed by atoms with Crippen molar-refractivity contribution in [2.75, 3.05) is 57.0 Å². The molecule has 2 amide bonds. The lowest BCUT2D eigenvalue weighted by atomic mass is 10.2. The summed E-state index contributed by atoms with van der Waals surface area (Å²) in [5, 5.41) is 2.85. The van der Waals surface area contributed by atoms with Crippen LogP contribution in [-0.2, 0) is 9.59 Å². The molecule has 1 rings (SSSR count). The Bertz CT molecular complexity index is 524. The number of hydrogen-bond donors (Lipinski definition) is 1. The van der Waals surface area contributed by atoms with E-state index in [-0.39, 0.29) is 18.4 Å². The van der Waals surface area contributed by atoms with Crippen LogP contribution in [0.1, 0.15) is 20.8 Å². The first kappa shape index (κ1) is 20.0. The van der Waals surface area contributed by atoms with E-state index < -0.39 is 0 Å². The molecule has 24 heavy (non-hydrogen) atoms. The van der Waals surface area contributed by atoms with Gasteiger partial charge in [0.2, 0.25) is 11.8 Å². The average Bonchev–Trinajstić information content (AvgIpc) is 2.53. The van der Waals surface area contributed by atoms with Crippen LogP contribution >= 0.6 is 0 Å². The number of anilines is 2. The first-order chi connectivity index (χ1) is 11.4. The molecule has 0 aliphatic rings. The minimum absolute atomic E-state index is 0.0704. The molecular formula is C18H30N4O2. The Morgan fingerprint density at radius 2 is 1.58 bits per heavy atom. The van der Waals surface area contributed by atoms with Gasteiger partial charge in [-0.3, -0.25) is 9.59 Å². The van der Waals surface area contributed by atoms with Gasteiger partial charge in [0.1, 0.15) is 0 Å². The van der Waals surface area contributed by atoms with Gasteiger partial charge in [0.25, 0.3) is 0 Å². The number of nitrogens with one attached hydrogen (secondary N) is 1. The highest BCUT2D eigenvalue weighted by atomic mass is 16.2. The van der Waals surface area contributed by atoms with Crippen LogP contribution in [0.5, 0.6) is 0 Å². The summed E-state index contributed by atoms with van der Waals surface area (Å²) in [4.78, 5) is 29.6. The molecule has 0 aliphatic carbocycles. The second-order valence-electron chi connectivity index (χ2n) is 6.01. The van der Waals surface area contributed by atoms with E-state index in [1.807, 2.05) is 43.3 Å². The first-order valence-electron chi connectivity index (χ1n) is 8.42. The highest BCUT2D eigenvalue weighted by molar-refractivity contribution is 5.94. The Kier molecular flexibility index (Phi) is 8.26. The lowest BCUT2D eigenvalue weighted by molar-refractivity contribution is -0.132. The highest BCUT2D eigenvalue weighted by Gasteiger charge is 2.14. The molecule has 0 aliphatic heterocycles. The van der Waals surface area contributed by atoms with Crippen LogP contribution in [0, 0.1) is 0 Å². The lowest BCUT2D eigenvalue weighted by Crippen LogP contribution is -2.40. The van der Waals surface area contributed by atoms with Crippen molar-refractivity contribution in [3.05, 3.63) is 24.3 Å². The molecule has 0 radical (unpaired) electrons. The Morgan fingerprint density at radius 3 is 2.04 bits per heavy atom. The highest BCUT2D eigenvalue weighted by Crippen LogP contribution is 2.17. The molecule has 6 heteroatoms. The number of nitrogens with zero attached hydrogens (tertiary/aromatic N) is 3. The van der Waals surface area contributed by atoms with Crippen LogP contribution in [0.2, 0.25) is 0 Å². The summed E-state index contributed by atoms with van der Waals surface area (Å²) < 4.78 is 0. The Morgan fingerprint density at radius 1 is 1.00 bits per heavy atom. The molecule has 1 N–H and O–H groups in total. The van der Waals surface area contributed by atoms with Crippen LogP contribution in [0.4, 0.5) is 11.4 Å². The molecular weight excluding hydrogens is 304 g/mol. The molecule has 6 nitrogen and oxygen atoms in total. The van der Waals surface area contributed by atoms with Crippen LogP contribution in [-0.4, -0.2) is 68.4 Å². The number of benzene rings is 1. The number of hydrogen-bond acceptors (Lipinski definition) is 4. The van der Waals surface area contributed by atoms with Crippen LogP contribution in [0.15, 0.2) is 24.3 Å². The molecule has 0 aromatic heterocycles. The summed E-state index contributed by atoms with van der Waals surface area (Å²) in [5.41, 5.74) is 1.88. The van der Waals surface area contributed by atoms with Crippen molar-refractivity contribution in [1.82, 2.24) is 9.80 Å². The summed E-state index contributed by atoms with van der Waals surface area (Å²) in [6.07, 6.45) is 0. The number of rotatable bonds is 9. The van der Waals surface area contributed by atoms with Crippen LogP contribution in [0.3, 0.4) is 0 Å². The van der Waals surface area contributed by atoms with E-state index >= 15 is 0 Å². The number of amides is 2. The summed E-state index contributed by atoms with van der Waals surface area (Å²) in [7, 11) is 3.88. The van der Waals surface area contributed by atoms with Gasteiger partial charge in [-0.2, -0.15) is 0 Å². The van der Waals surface area contributed by atoms with E-state index in [1.165, 1.54) is 6.92 Å². The second-order valence-corrected chi connectivity index (χ2v) is 6.01. The third kappa shape index (κ3) is 6.58.